The highest BCUT2D eigenvalue weighted by molar-refractivity contribution is 7.13. The number of aliphatic hydroxyl groups excluding tert-OH is 1. The topological polar surface area (TPSA) is 161 Å². The third-order valence-electron chi connectivity index (χ3n) is 8.56. The fourth-order valence-corrected chi connectivity index (χ4v) is 6.64. The molecular formula is C35H54ClN5O8S. The van der Waals surface area contributed by atoms with Crippen LogP contribution in [-0.2, 0) is 39.9 Å². The normalized spacial score (nSPS) is 18.8. The average Bonchev–Trinajstić information content (AvgIpc) is 3.70. The molecule has 2 aliphatic heterocycles. The number of aryl methyl sites for hydroxylation is 1. The van der Waals surface area contributed by atoms with E-state index in [2.05, 4.69) is 20.9 Å². The number of amides is 3. The number of nitrogens with one attached hydrogen (secondary N) is 3. The predicted octanol–water partition coefficient (Wildman–Crippen LogP) is 2.47. The Morgan fingerprint density at radius 2 is 1.66 bits per heavy atom. The molecule has 15 heteroatoms. The van der Waals surface area contributed by atoms with Gasteiger partial charge in [0.25, 0.3) is 0 Å². The van der Waals surface area contributed by atoms with Gasteiger partial charge in [0, 0.05) is 19.5 Å². The number of carbonyl (C=O) groups is 3. The summed E-state index contributed by atoms with van der Waals surface area (Å²) in [5.74, 6) is -1.24. The van der Waals surface area contributed by atoms with E-state index < -0.39 is 35.4 Å². The number of aromatic nitrogens is 1. The van der Waals surface area contributed by atoms with Gasteiger partial charge in [0.2, 0.25) is 17.7 Å². The maximum absolute atomic E-state index is 13.8. The highest BCUT2D eigenvalue weighted by Gasteiger charge is 2.44. The minimum Gasteiger partial charge on any atom is -0.391 e. The van der Waals surface area contributed by atoms with Crippen LogP contribution in [0.3, 0.4) is 0 Å². The van der Waals surface area contributed by atoms with Crippen molar-refractivity contribution in [3.63, 3.8) is 0 Å². The quantitative estimate of drug-likeness (QED) is 0.167. The molecule has 3 heterocycles. The summed E-state index contributed by atoms with van der Waals surface area (Å²) in [6, 6.07) is 6.10. The van der Waals surface area contributed by atoms with Gasteiger partial charge in [-0.2, -0.15) is 0 Å². The lowest BCUT2D eigenvalue weighted by Gasteiger charge is -2.35. The fraction of sp³-hybridized carbons (Fsp3) is 0.657. The summed E-state index contributed by atoms with van der Waals surface area (Å²) in [4.78, 5) is 46.7. The van der Waals surface area contributed by atoms with Crippen LogP contribution in [-0.4, -0.2) is 123 Å². The molecule has 2 saturated heterocycles. The molecule has 3 atom stereocenters. The second-order valence-corrected chi connectivity index (χ2v) is 14.4. The number of hydrogen-bond donors (Lipinski definition) is 4. The number of benzene rings is 1. The van der Waals surface area contributed by atoms with E-state index in [1.165, 1.54) is 4.90 Å². The number of piperidine rings is 1. The first-order valence-corrected chi connectivity index (χ1v) is 18.0. The van der Waals surface area contributed by atoms with Crippen LogP contribution in [0.4, 0.5) is 0 Å². The fourth-order valence-electron chi connectivity index (χ4n) is 5.82. The molecule has 0 bridgehead atoms. The molecule has 1 aromatic heterocycles. The molecule has 2 aromatic rings. The Morgan fingerprint density at radius 1 is 1.02 bits per heavy atom. The minimum absolute atomic E-state index is 0. The van der Waals surface area contributed by atoms with E-state index in [9.17, 15) is 19.5 Å². The Kier molecular flexibility index (Phi) is 17.5. The molecule has 4 N–H and O–H groups in total. The van der Waals surface area contributed by atoms with Crippen LogP contribution in [0, 0.1) is 12.3 Å². The van der Waals surface area contributed by atoms with Gasteiger partial charge in [0.1, 0.15) is 18.7 Å². The van der Waals surface area contributed by atoms with E-state index in [1.807, 2.05) is 57.5 Å². The molecule has 2 fully saturated rings. The monoisotopic (exact) mass is 739 g/mol. The summed E-state index contributed by atoms with van der Waals surface area (Å²) in [5.41, 5.74) is 4.09. The number of hydrogen-bond acceptors (Lipinski definition) is 11. The first kappa shape index (κ1) is 41.7. The highest BCUT2D eigenvalue weighted by Crippen LogP contribution is 2.28. The Morgan fingerprint density at radius 3 is 2.28 bits per heavy atom. The smallest absolute Gasteiger partial charge is 0.246 e. The van der Waals surface area contributed by atoms with Crippen molar-refractivity contribution in [2.45, 2.75) is 77.8 Å². The van der Waals surface area contributed by atoms with Crippen LogP contribution in [0.5, 0.6) is 0 Å². The van der Waals surface area contributed by atoms with Crippen molar-refractivity contribution in [1.29, 1.82) is 0 Å². The molecule has 0 saturated carbocycles. The van der Waals surface area contributed by atoms with Crippen LogP contribution >= 0.6 is 23.7 Å². The SMILES string of the molecule is Cc1ncsc1-c1ccc(CNC(=O)[C@@H]2C[C@@H](O)CN2C(=O)[C@@H](NC(=O)COCCOCCOCCOC2CCNCC2)C(C)(C)C)cc1.Cl. The number of aliphatic hydroxyl groups is 1. The molecule has 2 aliphatic rings. The van der Waals surface area contributed by atoms with Crippen molar-refractivity contribution < 1.29 is 38.4 Å². The Balaban J connectivity index is 0.00000676. The molecule has 13 nitrogen and oxygen atoms in total. The molecule has 0 unspecified atom stereocenters. The van der Waals surface area contributed by atoms with E-state index in [-0.39, 0.29) is 51.0 Å². The van der Waals surface area contributed by atoms with Crippen molar-refractivity contribution >= 4 is 41.5 Å². The minimum atomic E-state index is -0.931. The highest BCUT2D eigenvalue weighted by atomic mass is 35.5. The molecule has 280 valence electrons. The lowest BCUT2D eigenvalue weighted by atomic mass is 9.85. The van der Waals surface area contributed by atoms with Crippen LogP contribution in [0.15, 0.2) is 29.8 Å². The van der Waals surface area contributed by atoms with Gasteiger partial charge in [-0.15, -0.1) is 23.7 Å². The van der Waals surface area contributed by atoms with Crippen LogP contribution in [0.25, 0.3) is 10.4 Å². The second-order valence-electron chi connectivity index (χ2n) is 13.5. The molecule has 0 aliphatic carbocycles. The van der Waals surface area contributed by atoms with E-state index in [4.69, 9.17) is 18.9 Å². The lowest BCUT2D eigenvalue weighted by Crippen LogP contribution is -2.58. The summed E-state index contributed by atoms with van der Waals surface area (Å²) in [5, 5.41) is 19.5. The summed E-state index contributed by atoms with van der Waals surface area (Å²) in [7, 11) is 0. The van der Waals surface area contributed by atoms with Crippen molar-refractivity contribution in [2.75, 3.05) is 65.9 Å². The second kappa shape index (κ2) is 21.0. The Hall–Kier alpha value is -2.69. The zero-order valence-electron chi connectivity index (χ0n) is 29.6. The lowest BCUT2D eigenvalue weighted by molar-refractivity contribution is -0.144. The number of rotatable bonds is 18. The number of carbonyl (C=O) groups excluding carboxylic acids is 3. The number of ether oxygens (including phenoxy) is 4. The summed E-state index contributed by atoms with van der Waals surface area (Å²) < 4.78 is 22.3. The molecular weight excluding hydrogens is 686 g/mol. The van der Waals surface area contributed by atoms with Gasteiger partial charge in [-0.1, -0.05) is 45.0 Å². The summed E-state index contributed by atoms with van der Waals surface area (Å²) >= 11 is 1.58. The van der Waals surface area contributed by atoms with Gasteiger partial charge in [-0.25, -0.2) is 4.98 Å². The number of thiazole rings is 1. The molecule has 1 aromatic carbocycles. The zero-order valence-corrected chi connectivity index (χ0v) is 31.2. The van der Waals surface area contributed by atoms with Gasteiger partial charge in [-0.3, -0.25) is 14.4 Å². The van der Waals surface area contributed by atoms with Gasteiger partial charge >= 0.3 is 0 Å². The van der Waals surface area contributed by atoms with E-state index in [0.29, 0.717) is 39.1 Å². The first-order valence-electron chi connectivity index (χ1n) is 17.1. The van der Waals surface area contributed by atoms with E-state index in [1.54, 1.807) is 11.3 Å². The predicted molar refractivity (Wildman–Crippen MR) is 193 cm³/mol. The van der Waals surface area contributed by atoms with E-state index >= 15 is 0 Å². The van der Waals surface area contributed by atoms with Gasteiger partial charge in [0.05, 0.1) is 67.9 Å². The third-order valence-corrected chi connectivity index (χ3v) is 9.53. The van der Waals surface area contributed by atoms with Crippen molar-refractivity contribution in [3.05, 3.63) is 41.0 Å². The number of β-amino-alcohol motifs (C(OH)–C–C–N with tert-alkyl or cyclic N) is 1. The molecule has 3 amide bonds. The van der Waals surface area contributed by atoms with Crippen LogP contribution < -0.4 is 16.0 Å². The Labute approximate surface area is 305 Å². The number of nitrogens with zero attached hydrogens (tertiary/aromatic N) is 2. The van der Waals surface area contributed by atoms with Gasteiger partial charge < -0.3 is 44.9 Å². The van der Waals surface area contributed by atoms with E-state index in [0.717, 1.165) is 47.6 Å². The van der Waals surface area contributed by atoms with Crippen molar-refractivity contribution in [3.8, 4) is 10.4 Å². The largest absolute Gasteiger partial charge is 0.391 e. The summed E-state index contributed by atoms with van der Waals surface area (Å²) in [6.07, 6.45) is 1.64. The Bertz CT molecular complexity index is 1340. The average molecular weight is 740 g/mol. The zero-order chi connectivity index (χ0) is 35.2. The molecule has 4 rings (SSSR count). The van der Waals surface area contributed by atoms with Gasteiger partial charge in [0.15, 0.2) is 0 Å². The molecule has 0 radical (unpaired) electrons. The third kappa shape index (κ3) is 13.1. The van der Waals surface area contributed by atoms with Crippen molar-refractivity contribution in [1.82, 2.24) is 25.8 Å². The van der Waals surface area contributed by atoms with Crippen LogP contribution in [0.2, 0.25) is 0 Å². The summed E-state index contributed by atoms with van der Waals surface area (Å²) in [6.45, 7) is 11.9. The number of halogens is 1. The standard InChI is InChI=1S/C35H53N5O8S.ClH/c1-24-31(49-23-38-24)26-7-5-25(6-8-26)20-37-33(43)29-19-27(41)21-40(29)34(44)32(35(2,3)4)39-30(42)22-47-16-15-45-13-14-46-17-18-48-28-9-11-36-12-10-28;/h5-8,23,27-29,32,36,41H,9-22H2,1-4H3,(H,37,43)(H,39,42);1H/t27-,29+,32-;/m1./s1. The molecule has 50 heavy (non-hydrogen) atoms. The van der Waals surface area contributed by atoms with Crippen LogP contribution in [0.1, 0.15) is 51.3 Å². The maximum atomic E-state index is 13.8. The van der Waals surface area contributed by atoms with Crippen molar-refractivity contribution in [2.24, 2.45) is 5.41 Å². The first-order chi connectivity index (χ1) is 23.5. The number of likely N-dealkylation sites (tertiary alicyclic amines) is 1. The molecule has 0 spiro atoms. The maximum Gasteiger partial charge on any atom is 0.246 e. The van der Waals surface area contributed by atoms with Gasteiger partial charge in [-0.05, 0) is 49.4 Å².